The van der Waals surface area contributed by atoms with Gasteiger partial charge in [-0.1, -0.05) is 36.1 Å². The normalized spacial score (nSPS) is 19.3. The number of nitrogens with one attached hydrogen (secondary N) is 1. The van der Waals surface area contributed by atoms with Crippen LogP contribution in [0.3, 0.4) is 0 Å². The lowest BCUT2D eigenvalue weighted by Gasteiger charge is -2.32. The lowest BCUT2D eigenvalue weighted by Crippen LogP contribution is -2.47. The fourth-order valence-electron chi connectivity index (χ4n) is 3.10. The molecule has 2 amide bonds. The molecule has 0 aliphatic carbocycles. The van der Waals surface area contributed by atoms with Gasteiger partial charge in [-0.3, -0.25) is 9.59 Å². The van der Waals surface area contributed by atoms with E-state index in [0.29, 0.717) is 26.3 Å². The maximum absolute atomic E-state index is 12.6. The second-order valence-corrected chi connectivity index (χ2v) is 8.45. The number of thiocarbonyl (C=S) groups is 1. The number of nitrogens with zero attached hydrogens (tertiary/aromatic N) is 2. The van der Waals surface area contributed by atoms with Gasteiger partial charge in [-0.2, -0.15) is 0 Å². The third-order valence-electron chi connectivity index (χ3n) is 4.75. The van der Waals surface area contributed by atoms with Crippen LogP contribution in [0.2, 0.25) is 0 Å². The Morgan fingerprint density at radius 2 is 1.86 bits per heavy atom. The average Bonchev–Trinajstić information content (AvgIpc) is 3.28. The first-order valence-electron chi connectivity index (χ1n) is 8.92. The number of hydrogen-bond donors (Lipinski definition) is 1. The van der Waals surface area contributed by atoms with Gasteiger partial charge in [0.05, 0.1) is 4.91 Å². The van der Waals surface area contributed by atoms with Gasteiger partial charge in [0.1, 0.15) is 15.8 Å². The van der Waals surface area contributed by atoms with Crippen molar-refractivity contribution >= 4 is 46.2 Å². The fourth-order valence-corrected chi connectivity index (χ4v) is 4.13. The summed E-state index contributed by atoms with van der Waals surface area (Å²) in [5.74, 6) is 1.11. The standard InChI is InChI=1S/C20H19N3O3S2/c1-22-8-10-23(11-9-22)19(25)14-4-2-13(3-5-14)16-7-6-15(26-16)12-17-18(24)21-20(27)28-17/h2-7,12H,8-11H2,1H3,(H,21,24,27)/b17-12+. The lowest BCUT2D eigenvalue weighted by molar-refractivity contribution is -0.115. The molecule has 6 nitrogen and oxygen atoms in total. The van der Waals surface area contributed by atoms with Crippen LogP contribution in [0.1, 0.15) is 16.1 Å². The van der Waals surface area contributed by atoms with E-state index in [1.807, 2.05) is 35.2 Å². The van der Waals surface area contributed by atoms with Gasteiger partial charge in [0.2, 0.25) is 0 Å². The largest absolute Gasteiger partial charge is 0.457 e. The number of carbonyl (C=O) groups is 2. The number of rotatable bonds is 3. The molecule has 3 heterocycles. The van der Waals surface area contributed by atoms with Crippen LogP contribution in [-0.2, 0) is 4.79 Å². The minimum Gasteiger partial charge on any atom is -0.457 e. The van der Waals surface area contributed by atoms with Crippen LogP contribution in [0.15, 0.2) is 45.7 Å². The summed E-state index contributed by atoms with van der Waals surface area (Å²) in [5.41, 5.74) is 1.55. The SMILES string of the molecule is CN1CCN(C(=O)c2ccc(-c3ccc(/C=C4/SC(=S)NC4=O)o3)cc2)CC1. The van der Waals surface area contributed by atoms with Crippen molar-refractivity contribution in [1.82, 2.24) is 15.1 Å². The number of amides is 2. The maximum atomic E-state index is 12.6. The van der Waals surface area contributed by atoms with E-state index in [1.54, 1.807) is 12.1 Å². The summed E-state index contributed by atoms with van der Waals surface area (Å²) in [6.45, 7) is 3.30. The Morgan fingerprint density at radius 3 is 2.50 bits per heavy atom. The molecular weight excluding hydrogens is 394 g/mol. The minimum absolute atomic E-state index is 0.0600. The summed E-state index contributed by atoms with van der Waals surface area (Å²) in [6.07, 6.45) is 1.67. The Hall–Kier alpha value is -2.42. The Kier molecular flexibility index (Phi) is 5.34. The van der Waals surface area contributed by atoms with Crippen LogP contribution in [-0.4, -0.2) is 59.2 Å². The monoisotopic (exact) mass is 413 g/mol. The second kappa shape index (κ2) is 7.90. The fraction of sp³-hybridized carbons (Fsp3) is 0.250. The third kappa shape index (κ3) is 4.04. The van der Waals surface area contributed by atoms with E-state index in [0.717, 1.165) is 31.7 Å². The van der Waals surface area contributed by atoms with E-state index < -0.39 is 0 Å². The summed E-state index contributed by atoms with van der Waals surface area (Å²) in [6, 6.07) is 11.1. The van der Waals surface area contributed by atoms with Crippen LogP contribution in [0.25, 0.3) is 17.4 Å². The highest BCUT2D eigenvalue weighted by molar-refractivity contribution is 8.26. The molecule has 2 aliphatic rings. The summed E-state index contributed by atoms with van der Waals surface area (Å²) < 4.78 is 6.28. The number of hydrogen-bond acceptors (Lipinski definition) is 6. The summed E-state index contributed by atoms with van der Waals surface area (Å²) in [4.78, 5) is 29.0. The topological polar surface area (TPSA) is 65.8 Å². The zero-order valence-electron chi connectivity index (χ0n) is 15.3. The average molecular weight is 414 g/mol. The molecule has 144 valence electrons. The van der Waals surface area contributed by atoms with Crippen molar-refractivity contribution in [3.63, 3.8) is 0 Å². The molecule has 1 aromatic heterocycles. The molecule has 4 rings (SSSR count). The molecule has 1 aromatic carbocycles. The Balaban J connectivity index is 1.47. The van der Waals surface area contributed by atoms with Crippen LogP contribution < -0.4 is 5.32 Å². The van der Waals surface area contributed by atoms with Crippen LogP contribution in [0.4, 0.5) is 0 Å². The van der Waals surface area contributed by atoms with E-state index in [4.69, 9.17) is 16.6 Å². The van der Waals surface area contributed by atoms with E-state index >= 15 is 0 Å². The number of carbonyl (C=O) groups excluding carboxylic acids is 2. The minimum atomic E-state index is -0.209. The molecule has 2 saturated heterocycles. The quantitative estimate of drug-likeness (QED) is 0.617. The summed E-state index contributed by atoms with van der Waals surface area (Å²) >= 11 is 6.20. The molecule has 2 aromatic rings. The molecule has 0 spiro atoms. The number of furan rings is 1. The molecule has 0 bridgehead atoms. The van der Waals surface area contributed by atoms with Gasteiger partial charge in [0.15, 0.2) is 0 Å². The van der Waals surface area contributed by atoms with Gasteiger partial charge in [-0.15, -0.1) is 0 Å². The highest BCUT2D eigenvalue weighted by Crippen LogP contribution is 2.29. The Labute approximate surface area is 172 Å². The van der Waals surface area contributed by atoms with Gasteiger partial charge in [0.25, 0.3) is 11.8 Å². The molecule has 0 unspecified atom stereocenters. The first kappa shape index (κ1) is 18.9. The third-order valence-corrected chi connectivity index (χ3v) is 5.91. The van der Waals surface area contributed by atoms with Crippen molar-refractivity contribution in [3.8, 4) is 11.3 Å². The zero-order valence-corrected chi connectivity index (χ0v) is 16.9. The van der Waals surface area contributed by atoms with E-state index in [1.165, 1.54) is 11.8 Å². The highest BCUT2D eigenvalue weighted by atomic mass is 32.2. The predicted molar refractivity (Wildman–Crippen MR) is 114 cm³/mol. The number of likely N-dealkylation sites (N-methyl/N-ethyl adjacent to an activating group) is 1. The van der Waals surface area contributed by atoms with Crippen LogP contribution in [0, 0.1) is 0 Å². The summed E-state index contributed by atoms with van der Waals surface area (Å²) in [7, 11) is 2.07. The number of benzene rings is 1. The molecular formula is C20H19N3O3S2. The van der Waals surface area contributed by atoms with Crippen LogP contribution in [0.5, 0.6) is 0 Å². The maximum Gasteiger partial charge on any atom is 0.263 e. The molecule has 0 radical (unpaired) electrons. The van der Waals surface area contributed by atoms with Crippen molar-refractivity contribution in [1.29, 1.82) is 0 Å². The molecule has 2 fully saturated rings. The Morgan fingerprint density at radius 1 is 1.14 bits per heavy atom. The van der Waals surface area contributed by atoms with Gasteiger partial charge >= 0.3 is 0 Å². The second-order valence-electron chi connectivity index (χ2n) is 6.73. The zero-order chi connectivity index (χ0) is 19.7. The first-order valence-corrected chi connectivity index (χ1v) is 10.1. The van der Waals surface area contributed by atoms with E-state index in [2.05, 4.69) is 17.3 Å². The van der Waals surface area contributed by atoms with E-state index in [9.17, 15) is 9.59 Å². The Bertz CT molecular complexity index is 957. The molecule has 0 saturated carbocycles. The smallest absolute Gasteiger partial charge is 0.263 e. The summed E-state index contributed by atoms with van der Waals surface area (Å²) in [5, 5.41) is 2.58. The predicted octanol–water partition coefficient (Wildman–Crippen LogP) is 2.82. The van der Waals surface area contributed by atoms with Gasteiger partial charge < -0.3 is 19.5 Å². The van der Waals surface area contributed by atoms with Gasteiger partial charge in [-0.25, -0.2) is 0 Å². The van der Waals surface area contributed by atoms with Crippen molar-refractivity contribution in [2.45, 2.75) is 0 Å². The molecule has 28 heavy (non-hydrogen) atoms. The van der Waals surface area contributed by atoms with Crippen molar-refractivity contribution < 1.29 is 14.0 Å². The lowest BCUT2D eigenvalue weighted by atomic mass is 10.1. The molecule has 2 aliphatic heterocycles. The van der Waals surface area contributed by atoms with Crippen molar-refractivity contribution in [3.05, 3.63) is 52.6 Å². The number of thioether (sulfide) groups is 1. The van der Waals surface area contributed by atoms with Gasteiger partial charge in [0, 0.05) is 43.4 Å². The highest BCUT2D eigenvalue weighted by Gasteiger charge is 2.23. The molecule has 8 heteroatoms. The molecule has 0 atom stereocenters. The first-order chi connectivity index (χ1) is 13.5. The van der Waals surface area contributed by atoms with Crippen molar-refractivity contribution in [2.75, 3.05) is 33.2 Å². The van der Waals surface area contributed by atoms with Gasteiger partial charge in [-0.05, 0) is 31.3 Å². The molecule has 1 N–H and O–H groups in total. The number of piperazine rings is 1. The van der Waals surface area contributed by atoms with Crippen LogP contribution >= 0.6 is 24.0 Å². The van der Waals surface area contributed by atoms with Crippen molar-refractivity contribution in [2.24, 2.45) is 0 Å². The van der Waals surface area contributed by atoms with E-state index in [-0.39, 0.29) is 11.8 Å².